The standard InChI is InChI=1S/C23H22BrClN2O3S/c24-20-10-12-21(13-11-20)31(29,30)27(15-14-18-6-2-1-3-7-18)17-23(28)26-16-19-8-4-5-9-22(19)25/h1-13H,14-17H2,(H,26,28). The monoisotopic (exact) mass is 520 g/mol. The SMILES string of the molecule is O=C(CN(CCc1ccccc1)S(=O)(=O)c1ccc(Br)cc1)NCc1ccccc1Cl. The van der Waals surface area contributed by atoms with E-state index in [4.69, 9.17) is 11.6 Å². The summed E-state index contributed by atoms with van der Waals surface area (Å²) >= 11 is 9.45. The highest BCUT2D eigenvalue weighted by Crippen LogP contribution is 2.20. The van der Waals surface area contributed by atoms with Crippen molar-refractivity contribution in [2.24, 2.45) is 0 Å². The number of nitrogens with zero attached hydrogens (tertiary/aromatic N) is 1. The molecule has 0 aliphatic heterocycles. The molecule has 0 aliphatic rings. The number of halogens is 2. The van der Waals surface area contributed by atoms with E-state index < -0.39 is 15.9 Å². The van der Waals surface area contributed by atoms with Gasteiger partial charge in [0.15, 0.2) is 0 Å². The second-order valence-electron chi connectivity index (χ2n) is 6.90. The Morgan fingerprint density at radius 1 is 0.935 bits per heavy atom. The van der Waals surface area contributed by atoms with Crippen LogP contribution in [0.1, 0.15) is 11.1 Å². The molecule has 31 heavy (non-hydrogen) atoms. The third-order valence-corrected chi connectivity index (χ3v) is 7.45. The number of sulfonamides is 1. The highest BCUT2D eigenvalue weighted by molar-refractivity contribution is 9.10. The Labute approximate surface area is 196 Å². The number of hydrogen-bond donors (Lipinski definition) is 1. The minimum absolute atomic E-state index is 0.141. The van der Waals surface area contributed by atoms with Gasteiger partial charge in [-0.05, 0) is 47.9 Å². The van der Waals surface area contributed by atoms with Gasteiger partial charge in [0.1, 0.15) is 0 Å². The van der Waals surface area contributed by atoms with Gasteiger partial charge in [-0.15, -0.1) is 0 Å². The van der Waals surface area contributed by atoms with E-state index in [0.29, 0.717) is 11.4 Å². The van der Waals surface area contributed by atoms with Crippen molar-refractivity contribution in [1.29, 1.82) is 0 Å². The summed E-state index contributed by atoms with van der Waals surface area (Å²) in [5.41, 5.74) is 1.76. The lowest BCUT2D eigenvalue weighted by atomic mass is 10.1. The van der Waals surface area contributed by atoms with Crippen LogP contribution in [0.3, 0.4) is 0 Å². The van der Waals surface area contributed by atoms with Crippen LogP contribution in [-0.4, -0.2) is 31.7 Å². The van der Waals surface area contributed by atoms with Gasteiger partial charge in [0, 0.05) is 22.6 Å². The first-order valence-electron chi connectivity index (χ1n) is 9.66. The molecule has 1 N–H and O–H groups in total. The van der Waals surface area contributed by atoms with Crippen LogP contribution in [0.15, 0.2) is 88.2 Å². The van der Waals surface area contributed by atoms with Gasteiger partial charge in [-0.3, -0.25) is 4.79 Å². The summed E-state index contributed by atoms with van der Waals surface area (Å²) in [5, 5.41) is 3.31. The molecule has 5 nitrogen and oxygen atoms in total. The average Bonchev–Trinajstić information content (AvgIpc) is 2.77. The lowest BCUT2D eigenvalue weighted by Gasteiger charge is -2.22. The van der Waals surface area contributed by atoms with Crippen molar-refractivity contribution < 1.29 is 13.2 Å². The zero-order chi connectivity index (χ0) is 22.3. The number of amides is 1. The van der Waals surface area contributed by atoms with Crippen LogP contribution in [0.5, 0.6) is 0 Å². The fourth-order valence-electron chi connectivity index (χ4n) is 2.99. The predicted octanol–water partition coefficient (Wildman–Crippen LogP) is 4.65. The number of benzene rings is 3. The molecule has 0 heterocycles. The van der Waals surface area contributed by atoms with E-state index in [1.165, 1.54) is 16.4 Å². The van der Waals surface area contributed by atoms with Gasteiger partial charge in [0.2, 0.25) is 15.9 Å². The fourth-order valence-corrected chi connectivity index (χ4v) is 4.85. The molecule has 3 rings (SSSR count). The van der Waals surface area contributed by atoms with Crippen LogP contribution >= 0.6 is 27.5 Å². The molecule has 0 saturated carbocycles. The maximum atomic E-state index is 13.2. The van der Waals surface area contributed by atoms with E-state index in [9.17, 15) is 13.2 Å². The molecule has 0 saturated heterocycles. The molecule has 0 spiro atoms. The summed E-state index contributed by atoms with van der Waals surface area (Å²) in [5.74, 6) is -0.395. The minimum Gasteiger partial charge on any atom is -0.351 e. The van der Waals surface area contributed by atoms with Crippen LogP contribution < -0.4 is 5.32 Å². The molecule has 3 aromatic carbocycles. The van der Waals surface area contributed by atoms with Crippen molar-refractivity contribution in [3.63, 3.8) is 0 Å². The number of nitrogens with one attached hydrogen (secondary N) is 1. The van der Waals surface area contributed by atoms with Crippen molar-refractivity contribution in [2.45, 2.75) is 17.9 Å². The topological polar surface area (TPSA) is 66.5 Å². The highest BCUT2D eigenvalue weighted by atomic mass is 79.9. The summed E-state index contributed by atoms with van der Waals surface area (Å²) in [6.45, 7) is 0.126. The van der Waals surface area contributed by atoms with Gasteiger partial charge in [0.25, 0.3) is 0 Å². The van der Waals surface area contributed by atoms with Crippen molar-refractivity contribution in [2.75, 3.05) is 13.1 Å². The second-order valence-corrected chi connectivity index (χ2v) is 10.2. The highest BCUT2D eigenvalue weighted by Gasteiger charge is 2.26. The van der Waals surface area contributed by atoms with E-state index in [1.807, 2.05) is 48.5 Å². The van der Waals surface area contributed by atoms with Crippen LogP contribution in [0.25, 0.3) is 0 Å². The molecule has 0 unspecified atom stereocenters. The Bertz CT molecular complexity index is 1120. The first-order valence-corrected chi connectivity index (χ1v) is 12.3. The van der Waals surface area contributed by atoms with Crippen molar-refractivity contribution >= 4 is 43.5 Å². The molecule has 8 heteroatoms. The number of carbonyl (C=O) groups excluding carboxylic acids is 1. The molecule has 162 valence electrons. The van der Waals surface area contributed by atoms with Crippen molar-refractivity contribution in [1.82, 2.24) is 9.62 Å². The lowest BCUT2D eigenvalue weighted by Crippen LogP contribution is -2.41. The zero-order valence-corrected chi connectivity index (χ0v) is 19.8. The first-order chi connectivity index (χ1) is 14.9. The number of hydrogen-bond acceptors (Lipinski definition) is 3. The molecule has 0 aliphatic carbocycles. The van der Waals surface area contributed by atoms with Gasteiger partial charge in [0.05, 0.1) is 11.4 Å². The minimum atomic E-state index is -3.85. The average molecular weight is 522 g/mol. The quantitative estimate of drug-likeness (QED) is 0.446. The van der Waals surface area contributed by atoms with Gasteiger partial charge >= 0.3 is 0 Å². The van der Waals surface area contributed by atoms with E-state index >= 15 is 0 Å². The van der Waals surface area contributed by atoms with Crippen LogP contribution in [-0.2, 0) is 27.8 Å². The Hall–Kier alpha value is -2.19. The summed E-state index contributed by atoms with van der Waals surface area (Å²) in [7, 11) is -3.85. The van der Waals surface area contributed by atoms with E-state index in [2.05, 4.69) is 21.2 Å². The fraction of sp³-hybridized carbons (Fsp3) is 0.174. The normalized spacial score (nSPS) is 11.5. The van der Waals surface area contributed by atoms with E-state index in [-0.39, 0.29) is 24.5 Å². The van der Waals surface area contributed by atoms with Gasteiger partial charge in [-0.2, -0.15) is 4.31 Å². The maximum Gasteiger partial charge on any atom is 0.243 e. The van der Waals surface area contributed by atoms with Crippen molar-refractivity contribution in [3.05, 3.63) is 99.5 Å². The predicted molar refractivity (Wildman–Crippen MR) is 126 cm³/mol. The third-order valence-electron chi connectivity index (χ3n) is 4.70. The molecule has 1 amide bonds. The Balaban J connectivity index is 1.75. The smallest absolute Gasteiger partial charge is 0.243 e. The van der Waals surface area contributed by atoms with Gasteiger partial charge in [-0.1, -0.05) is 76.1 Å². The first kappa shape index (κ1) is 23.5. The van der Waals surface area contributed by atoms with Crippen LogP contribution in [0.2, 0.25) is 5.02 Å². The zero-order valence-electron chi connectivity index (χ0n) is 16.7. The molecule has 0 bridgehead atoms. The molecule has 0 aromatic heterocycles. The second kappa shape index (κ2) is 10.9. The summed E-state index contributed by atoms with van der Waals surface area (Å²) < 4.78 is 28.5. The van der Waals surface area contributed by atoms with E-state index in [1.54, 1.807) is 18.2 Å². The third kappa shape index (κ3) is 6.64. The van der Waals surface area contributed by atoms with Crippen LogP contribution in [0.4, 0.5) is 0 Å². The van der Waals surface area contributed by atoms with E-state index in [0.717, 1.165) is 15.6 Å². The summed E-state index contributed by atoms with van der Waals surface area (Å²) in [6, 6.07) is 23.2. The molecular formula is C23H22BrClN2O3S. The largest absolute Gasteiger partial charge is 0.351 e. The summed E-state index contributed by atoms with van der Waals surface area (Å²) in [4.78, 5) is 12.8. The molecule has 0 radical (unpaired) electrons. The van der Waals surface area contributed by atoms with Gasteiger partial charge in [-0.25, -0.2) is 8.42 Å². The summed E-state index contributed by atoms with van der Waals surface area (Å²) in [6.07, 6.45) is 0.494. The number of rotatable bonds is 9. The Morgan fingerprint density at radius 2 is 1.58 bits per heavy atom. The molecule has 3 aromatic rings. The lowest BCUT2D eigenvalue weighted by molar-refractivity contribution is -0.121. The van der Waals surface area contributed by atoms with Crippen LogP contribution in [0, 0.1) is 0 Å². The number of carbonyl (C=O) groups is 1. The Kier molecular flexibility index (Phi) is 8.26. The molecule has 0 fully saturated rings. The molecular weight excluding hydrogens is 500 g/mol. The Morgan fingerprint density at radius 3 is 2.26 bits per heavy atom. The maximum absolute atomic E-state index is 13.2. The van der Waals surface area contributed by atoms with Crippen molar-refractivity contribution in [3.8, 4) is 0 Å². The van der Waals surface area contributed by atoms with Gasteiger partial charge < -0.3 is 5.32 Å². The molecule has 0 atom stereocenters.